The minimum atomic E-state index is 0. The molecule has 8 heteroatoms. The van der Waals surface area contributed by atoms with Gasteiger partial charge in [0.1, 0.15) is 0 Å². The van der Waals surface area contributed by atoms with Crippen molar-refractivity contribution in [3.63, 3.8) is 0 Å². The van der Waals surface area contributed by atoms with Crippen LogP contribution in [0.15, 0.2) is 72.8 Å². The predicted molar refractivity (Wildman–Crippen MR) is 218 cm³/mol. The number of hydrogen-bond acceptors (Lipinski definition) is 4. The maximum Gasteiger partial charge on any atom is 0.247 e. The number of allylic oxidation sites excluding steroid dienone is 2. The van der Waals surface area contributed by atoms with Crippen molar-refractivity contribution >= 4 is 36.6 Å². The lowest BCUT2D eigenvalue weighted by atomic mass is 10.0. The molecule has 0 radical (unpaired) electrons. The Kier molecular flexibility index (Phi) is 16.3. The number of benzene rings is 3. The highest BCUT2D eigenvalue weighted by atomic mass is 35.5. The molecule has 0 bridgehead atoms. The van der Waals surface area contributed by atoms with E-state index in [1.54, 1.807) is 24.3 Å². The molecule has 2 aliphatic rings. The Morgan fingerprint density at radius 2 is 0.846 bits per heavy atom. The molecule has 5 rings (SSSR count). The SMILES string of the molecule is Cc1cc(C#C/C=C/C(=O)N2CCN(Cc3ccc(CN4CCN(C(=O)/C=C/C#Cc5cc(C)c(C)c(C)c5)CC4)cc3)CC2)cc(C)c1C.Cl.Cl. The van der Waals surface area contributed by atoms with Crippen LogP contribution in [0.3, 0.4) is 0 Å². The molecular weight excluding hydrogens is 687 g/mol. The van der Waals surface area contributed by atoms with E-state index in [4.69, 9.17) is 0 Å². The van der Waals surface area contributed by atoms with Crippen LogP contribution in [0.25, 0.3) is 0 Å². The number of rotatable bonds is 6. The predicted octanol–water partition coefficient (Wildman–Crippen LogP) is 6.88. The van der Waals surface area contributed by atoms with E-state index in [1.165, 1.54) is 44.5 Å². The molecule has 0 N–H and O–H groups in total. The highest BCUT2D eigenvalue weighted by molar-refractivity contribution is 5.88. The van der Waals surface area contributed by atoms with Crippen LogP contribution < -0.4 is 0 Å². The summed E-state index contributed by atoms with van der Waals surface area (Å²) in [4.78, 5) is 34.1. The van der Waals surface area contributed by atoms with Gasteiger partial charge in [0.15, 0.2) is 0 Å². The van der Waals surface area contributed by atoms with E-state index in [-0.39, 0.29) is 36.6 Å². The van der Waals surface area contributed by atoms with E-state index in [1.807, 2.05) is 9.80 Å². The summed E-state index contributed by atoms with van der Waals surface area (Å²) in [6, 6.07) is 17.2. The Hall–Kier alpha value is -4.30. The molecule has 2 fully saturated rings. The summed E-state index contributed by atoms with van der Waals surface area (Å²) in [5, 5.41) is 0. The molecule has 0 spiro atoms. The van der Waals surface area contributed by atoms with Crippen LogP contribution in [0.5, 0.6) is 0 Å². The summed E-state index contributed by atoms with van der Waals surface area (Å²) in [7, 11) is 0. The first-order valence-corrected chi connectivity index (χ1v) is 17.7. The van der Waals surface area contributed by atoms with Gasteiger partial charge in [0.2, 0.25) is 11.8 Å². The fourth-order valence-electron chi connectivity index (χ4n) is 6.42. The van der Waals surface area contributed by atoms with Crippen molar-refractivity contribution in [2.24, 2.45) is 0 Å². The lowest BCUT2D eigenvalue weighted by Gasteiger charge is -2.34. The Bertz CT molecular complexity index is 1710. The molecule has 2 amide bonds. The molecule has 274 valence electrons. The maximum atomic E-state index is 12.7. The molecule has 0 unspecified atom stereocenters. The lowest BCUT2D eigenvalue weighted by molar-refractivity contribution is -0.128. The Balaban J connectivity index is 0.00000364. The van der Waals surface area contributed by atoms with Gasteiger partial charge in [-0.05, 0) is 122 Å². The van der Waals surface area contributed by atoms with Gasteiger partial charge in [-0.1, -0.05) is 47.9 Å². The molecule has 2 aliphatic heterocycles. The van der Waals surface area contributed by atoms with E-state index in [0.717, 1.165) is 76.6 Å². The molecule has 2 saturated heterocycles. The summed E-state index contributed by atoms with van der Waals surface area (Å²) in [5.41, 5.74) is 12.0. The van der Waals surface area contributed by atoms with E-state index < -0.39 is 0 Å². The van der Waals surface area contributed by atoms with E-state index in [2.05, 4.69) is 124 Å². The molecule has 52 heavy (non-hydrogen) atoms. The second-order valence-electron chi connectivity index (χ2n) is 13.7. The number of halogens is 2. The summed E-state index contributed by atoms with van der Waals surface area (Å²) in [5.74, 6) is 12.4. The zero-order valence-electron chi connectivity index (χ0n) is 31.4. The number of nitrogens with zero attached hydrogens (tertiary/aromatic N) is 4. The van der Waals surface area contributed by atoms with Crippen molar-refractivity contribution in [1.82, 2.24) is 19.6 Å². The first kappa shape index (κ1) is 42.1. The first-order valence-electron chi connectivity index (χ1n) is 17.7. The van der Waals surface area contributed by atoms with Crippen LogP contribution >= 0.6 is 24.8 Å². The standard InChI is InChI=1S/C44H50N4O2.2ClH/c1-33-27-41(28-34(2)37(33)5)11-7-9-13-43(49)47-23-19-45(20-24-47)31-39-15-17-40(18-16-39)32-46-21-25-48(26-22-46)44(50)14-10-8-12-42-29-35(3)38(6)36(4)30-42;;/h9-10,13-18,27-30H,19-26,31-32H2,1-6H3;2*1H/b13-9+,14-10+;;. The van der Waals surface area contributed by atoms with Crippen LogP contribution in [0.1, 0.15) is 55.6 Å². The van der Waals surface area contributed by atoms with Gasteiger partial charge in [0.25, 0.3) is 0 Å². The lowest BCUT2D eigenvalue weighted by Crippen LogP contribution is -2.48. The third kappa shape index (κ3) is 11.9. The van der Waals surface area contributed by atoms with Crippen molar-refractivity contribution in [1.29, 1.82) is 0 Å². The molecule has 0 atom stereocenters. The van der Waals surface area contributed by atoms with Crippen molar-refractivity contribution in [3.8, 4) is 23.7 Å². The quantitative estimate of drug-likeness (QED) is 0.204. The number of carbonyl (C=O) groups excluding carboxylic acids is 2. The molecule has 0 aromatic heterocycles. The monoisotopic (exact) mass is 738 g/mol. The Labute approximate surface area is 323 Å². The molecular formula is C44H52Cl2N4O2. The smallest absolute Gasteiger partial charge is 0.247 e. The summed E-state index contributed by atoms with van der Waals surface area (Å²) >= 11 is 0. The second-order valence-corrected chi connectivity index (χ2v) is 13.7. The number of hydrogen-bond donors (Lipinski definition) is 0. The van der Waals surface area contributed by atoms with Crippen LogP contribution in [0.2, 0.25) is 0 Å². The van der Waals surface area contributed by atoms with Gasteiger partial charge in [-0.25, -0.2) is 0 Å². The van der Waals surface area contributed by atoms with Gasteiger partial charge in [-0.15, -0.1) is 24.8 Å². The van der Waals surface area contributed by atoms with Gasteiger partial charge in [-0.2, -0.15) is 0 Å². The van der Waals surface area contributed by atoms with Gasteiger partial charge in [0, 0.05) is 88.7 Å². The van der Waals surface area contributed by atoms with E-state index in [9.17, 15) is 9.59 Å². The zero-order valence-corrected chi connectivity index (χ0v) is 33.1. The fraction of sp³-hybridized carbons (Fsp3) is 0.364. The van der Waals surface area contributed by atoms with E-state index >= 15 is 0 Å². The third-order valence-corrected chi connectivity index (χ3v) is 10.1. The summed E-state index contributed by atoms with van der Waals surface area (Å²) < 4.78 is 0. The highest BCUT2D eigenvalue weighted by Crippen LogP contribution is 2.17. The van der Waals surface area contributed by atoms with Crippen molar-refractivity contribution in [3.05, 3.63) is 128 Å². The minimum Gasteiger partial charge on any atom is -0.337 e. The second kappa shape index (κ2) is 20.1. The third-order valence-electron chi connectivity index (χ3n) is 10.1. The van der Waals surface area contributed by atoms with Crippen LogP contribution in [-0.2, 0) is 22.7 Å². The van der Waals surface area contributed by atoms with Gasteiger partial charge >= 0.3 is 0 Å². The molecule has 3 aromatic rings. The van der Waals surface area contributed by atoms with E-state index in [0.29, 0.717) is 0 Å². The Morgan fingerprint density at radius 1 is 0.538 bits per heavy atom. The number of carbonyl (C=O) groups is 2. The summed E-state index contributed by atoms with van der Waals surface area (Å²) in [6.45, 7) is 20.7. The maximum absolute atomic E-state index is 12.7. The first-order chi connectivity index (χ1) is 24.0. The number of piperazine rings is 2. The Morgan fingerprint density at radius 3 is 1.15 bits per heavy atom. The molecule has 6 nitrogen and oxygen atoms in total. The normalized spacial score (nSPS) is 15.0. The molecule has 3 aromatic carbocycles. The van der Waals surface area contributed by atoms with Crippen molar-refractivity contribution in [2.45, 2.75) is 54.6 Å². The van der Waals surface area contributed by atoms with Gasteiger partial charge in [-0.3, -0.25) is 19.4 Å². The van der Waals surface area contributed by atoms with Gasteiger partial charge < -0.3 is 9.80 Å². The molecule has 2 heterocycles. The highest BCUT2D eigenvalue weighted by Gasteiger charge is 2.21. The number of amides is 2. The molecule has 0 saturated carbocycles. The minimum absolute atomic E-state index is 0. The summed E-state index contributed by atoms with van der Waals surface area (Å²) in [6.07, 6.45) is 6.53. The van der Waals surface area contributed by atoms with Gasteiger partial charge in [0.05, 0.1) is 0 Å². The van der Waals surface area contributed by atoms with Crippen molar-refractivity contribution < 1.29 is 9.59 Å². The van der Waals surface area contributed by atoms with Crippen LogP contribution in [-0.4, -0.2) is 83.8 Å². The average Bonchev–Trinajstić information content (AvgIpc) is 3.11. The molecule has 0 aliphatic carbocycles. The average molecular weight is 740 g/mol. The largest absolute Gasteiger partial charge is 0.337 e. The topological polar surface area (TPSA) is 47.1 Å². The fourth-order valence-corrected chi connectivity index (χ4v) is 6.42. The van der Waals surface area contributed by atoms with Crippen molar-refractivity contribution in [2.75, 3.05) is 52.4 Å². The number of aryl methyl sites for hydroxylation is 4. The van der Waals surface area contributed by atoms with Crippen LogP contribution in [0, 0.1) is 65.2 Å². The zero-order chi connectivity index (χ0) is 35.6. The van der Waals surface area contributed by atoms with Crippen LogP contribution in [0.4, 0.5) is 0 Å².